The van der Waals surface area contributed by atoms with E-state index in [4.69, 9.17) is 9.84 Å². The Kier molecular flexibility index (Phi) is 8.51. The van der Waals surface area contributed by atoms with Crippen molar-refractivity contribution in [2.45, 2.75) is 58.1 Å². The minimum absolute atomic E-state index is 0.0714. The average molecular weight is 483 g/mol. The van der Waals surface area contributed by atoms with Crippen LogP contribution in [0.5, 0.6) is 0 Å². The van der Waals surface area contributed by atoms with Crippen LogP contribution in [0.25, 0.3) is 11.1 Å². The highest BCUT2D eigenvalue weighted by Crippen LogP contribution is 2.44. The molecule has 4 N–H and O–H groups in total. The van der Waals surface area contributed by atoms with Gasteiger partial charge in [-0.1, -0.05) is 69.3 Å². The van der Waals surface area contributed by atoms with E-state index in [1.165, 1.54) is 0 Å². The van der Waals surface area contributed by atoms with Gasteiger partial charge in [-0.3, -0.25) is 9.59 Å². The van der Waals surface area contributed by atoms with E-state index in [1.807, 2.05) is 57.2 Å². The molecule has 2 amide bonds. The molecule has 2 unspecified atom stereocenters. The minimum Gasteiger partial charge on any atom is -0.481 e. The number of aliphatic carboxylic acids is 1. The number of aliphatic hydroxyl groups excluding tert-OH is 1. The second kappa shape index (κ2) is 11.4. The number of fused-ring (bicyclic) bond motifs is 3. The van der Waals surface area contributed by atoms with Crippen LogP contribution in [0.2, 0.25) is 0 Å². The lowest BCUT2D eigenvalue weighted by atomic mass is 9.87. The van der Waals surface area contributed by atoms with Crippen molar-refractivity contribution in [3.8, 4) is 11.1 Å². The second-order valence-electron chi connectivity index (χ2n) is 10.2. The Bertz CT molecular complexity index is 1020. The molecule has 0 aromatic heterocycles. The highest BCUT2D eigenvalue weighted by molar-refractivity contribution is 5.79. The summed E-state index contributed by atoms with van der Waals surface area (Å²) in [7, 11) is 0. The third-order valence-electron chi connectivity index (χ3n) is 5.89. The van der Waals surface area contributed by atoms with Gasteiger partial charge in [-0.05, 0) is 34.1 Å². The van der Waals surface area contributed by atoms with Gasteiger partial charge in [-0.2, -0.15) is 0 Å². The summed E-state index contributed by atoms with van der Waals surface area (Å²) in [5.41, 5.74) is 4.30. The first-order valence-electron chi connectivity index (χ1n) is 11.8. The smallest absolute Gasteiger partial charge is 0.407 e. The van der Waals surface area contributed by atoms with Gasteiger partial charge in [-0.15, -0.1) is 0 Å². The van der Waals surface area contributed by atoms with E-state index in [2.05, 4.69) is 22.8 Å². The van der Waals surface area contributed by atoms with Crippen molar-refractivity contribution in [3.05, 3.63) is 59.7 Å². The second-order valence-corrected chi connectivity index (χ2v) is 10.2. The van der Waals surface area contributed by atoms with Crippen molar-refractivity contribution >= 4 is 18.0 Å². The lowest BCUT2D eigenvalue weighted by Crippen LogP contribution is -2.42. The Labute approximate surface area is 205 Å². The molecule has 0 radical (unpaired) electrons. The summed E-state index contributed by atoms with van der Waals surface area (Å²) in [5, 5.41) is 24.5. The van der Waals surface area contributed by atoms with E-state index < -0.39 is 30.1 Å². The predicted molar refractivity (Wildman–Crippen MR) is 132 cm³/mol. The zero-order valence-electron chi connectivity index (χ0n) is 20.4. The fraction of sp³-hybridized carbons (Fsp3) is 0.444. The van der Waals surface area contributed by atoms with E-state index in [9.17, 15) is 19.5 Å². The normalized spacial score (nSPS) is 14.4. The highest BCUT2D eigenvalue weighted by Gasteiger charge is 2.29. The van der Waals surface area contributed by atoms with E-state index in [1.54, 1.807) is 0 Å². The maximum absolute atomic E-state index is 12.3. The van der Waals surface area contributed by atoms with Gasteiger partial charge in [0.1, 0.15) is 6.61 Å². The Morgan fingerprint density at radius 1 is 0.971 bits per heavy atom. The molecule has 0 saturated heterocycles. The topological polar surface area (TPSA) is 125 Å². The predicted octanol–water partition coefficient (Wildman–Crippen LogP) is 3.67. The number of hydrogen-bond donors (Lipinski definition) is 4. The van der Waals surface area contributed by atoms with Crippen molar-refractivity contribution in [3.63, 3.8) is 0 Å². The fourth-order valence-electron chi connectivity index (χ4n) is 4.55. The van der Waals surface area contributed by atoms with Gasteiger partial charge in [0.2, 0.25) is 5.91 Å². The molecular formula is C27H34N2O6. The van der Waals surface area contributed by atoms with Crippen LogP contribution in [0.15, 0.2) is 48.5 Å². The average Bonchev–Trinajstić information content (AvgIpc) is 3.08. The number of alkyl carbamates (subject to hydrolysis) is 1. The van der Waals surface area contributed by atoms with Crippen molar-refractivity contribution in [1.29, 1.82) is 0 Å². The van der Waals surface area contributed by atoms with Crippen molar-refractivity contribution in [2.24, 2.45) is 5.41 Å². The zero-order chi connectivity index (χ0) is 25.6. The van der Waals surface area contributed by atoms with Gasteiger partial charge in [0, 0.05) is 18.5 Å². The Balaban J connectivity index is 1.46. The Hall–Kier alpha value is -3.39. The van der Waals surface area contributed by atoms with Crippen LogP contribution in [-0.2, 0) is 14.3 Å². The molecule has 8 nitrogen and oxygen atoms in total. The maximum atomic E-state index is 12.3. The number of hydrogen-bond acceptors (Lipinski definition) is 5. The third-order valence-corrected chi connectivity index (χ3v) is 5.89. The van der Waals surface area contributed by atoms with Crippen molar-refractivity contribution in [2.75, 3.05) is 13.2 Å². The number of carbonyl (C=O) groups excluding carboxylic acids is 2. The zero-order valence-corrected chi connectivity index (χ0v) is 20.4. The third kappa shape index (κ3) is 7.55. The SMILES string of the molecule is CC(C)(C)CC(CC(=O)O)NC(=O)CC(O)CNC(=O)OCC1c2ccccc2-c2ccccc21. The van der Waals surface area contributed by atoms with Gasteiger partial charge >= 0.3 is 12.1 Å². The molecule has 188 valence electrons. The number of carbonyl (C=O) groups is 3. The number of amides is 2. The van der Waals surface area contributed by atoms with Gasteiger partial charge in [0.05, 0.1) is 18.9 Å². The van der Waals surface area contributed by atoms with Crippen LogP contribution < -0.4 is 10.6 Å². The minimum atomic E-state index is -1.13. The Morgan fingerprint density at radius 3 is 2.09 bits per heavy atom. The first-order chi connectivity index (χ1) is 16.5. The molecule has 2 aromatic carbocycles. The molecule has 2 aromatic rings. The van der Waals surface area contributed by atoms with Crippen LogP contribution in [0.1, 0.15) is 57.1 Å². The first kappa shape index (κ1) is 26.2. The molecule has 0 fully saturated rings. The van der Waals surface area contributed by atoms with Gasteiger partial charge in [0.25, 0.3) is 0 Å². The molecule has 1 aliphatic rings. The molecule has 2 atom stereocenters. The number of ether oxygens (including phenoxy) is 1. The van der Waals surface area contributed by atoms with Gasteiger partial charge in [-0.25, -0.2) is 4.79 Å². The van der Waals surface area contributed by atoms with Crippen LogP contribution in [0.4, 0.5) is 4.79 Å². The Morgan fingerprint density at radius 2 is 1.54 bits per heavy atom. The summed E-state index contributed by atoms with van der Waals surface area (Å²) in [5.74, 6) is -1.54. The van der Waals surface area contributed by atoms with Crippen LogP contribution in [0, 0.1) is 5.41 Å². The maximum Gasteiger partial charge on any atom is 0.407 e. The lowest BCUT2D eigenvalue weighted by Gasteiger charge is -2.26. The molecule has 8 heteroatoms. The molecule has 0 aliphatic heterocycles. The summed E-state index contributed by atoms with van der Waals surface area (Å²) in [6.45, 7) is 5.87. The quantitative estimate of drug-likeness (QED) is 0.410. The molecule has 1 aliphatic carbocycles. The summed E-state index contributed by atoms with van der Waals surface area (Å²) in [4.78, 5) is 35.7. The number of benzene rings is 2. The summed E-state index contributed by atoms with van der Waals surface area (Å²) < 4.78 is 5.43. The van der Waals surface area contributed by atoms with Crippen LogP contribution in [-0.4, -0.2) is 53.5 Å². The number of nitrogens with one attached hydrogen (secondary N) is 2. The lowest BCUT2D eigenvalue weighted by molar-refractivity contribution is -0.138. The molecular weight excluding hydrogens is 448 g/mol. The van der Waals surface area contributed by atoms with E-state index in [0.717, 1.165) is 22.3 Å². The molecule has 0 saturated carbocycles. The summed E-state index contributed by atoms with van der Waals surface area (Å²) in [6, 6.07) is 15.5. The number of carboxylic acids is 1. The molecule has 0 spiro atoms. The molecule has 0 heterocycles. The van der Waals surface area contributed by atoms with Crippen LogP contribution in [0.3, 0.4) is 0 Å². The summed E-state index contributed by atoms with van der Waals surface area (Å²) in [6.07, 6.45) is -1.78. The first-order valence-corrected chi connectivity index (χ1v) is 11.8. The van der Waals surface area contributed by atoms with Gasteiger partial charge < -0.3 is 25.6 Å². The van der Waals surface area contributed by atoms with Crippen molar-refractivity contribution < 1.29 is 29.3 Å². The molecule has 3 rings (SSSR count). The monoisotopic (exact) mass is 482 g/mol. The number of carboxylic acid groups (broad SMARTS) is 1. The van der Waals surface area contributed by atoms with Crippen LogP contribution >= 0.6 is 0 Å². The molecule has 35 heavy (non-hydrogen) atoms. The molecule has 0 bridgehead atoms. The number of rotatable bonds is 10. The van der Waals surface area contributed by atoms with Crippen molar-refractivity contribution in [1.82, 2.24) is 10.6 Å². The van der Waals surface area contributed by atoms with E-state index in [0.29, 0.717) is 6.42 Å². The van der Waals surface area contributed by atoms with E-state index >= 15 is 0 Å². The fourth-order valence-corrected chi connectivity index (χ4v) is 4.55. The summed E-state index contributed by atoms with van der Waals surface area (Å²) >= 11 is 0. The van der Waals surface area contributed by atoms with Gasteiger partial charge in [0.15, 0.2) is 0 Å². The standard InChI is InChI=1S/C27H34N2O6/c1-27(2,3)14-17(12-25(32)33)29-24(31)13-18(30)15-28-26(34)35-16-23-21-10-6-4-8-19(21)20-9-5-7-11-22(20)23/h4-11,17-18,23,30H,12-16H2,1-3H3,(H,28,34)(H,29,31)(H,32,33). The largest absolute Gasteiger partial charge is 0.481 e. The highest BCUT2D eigenvalue weighted by atomic mass is 16.5. The number of aliphatic hydroxyl groups is 1. The van der Waals surface area contributed by atoms with E-state index in [-0.39, 0.29) is 37.3 Å².